The van der Waals surface area contributed by atoms with Gasteiger partial charge in [-0.25, -0.2) is 9.59 Å². The van der Waals surface area contributed by atoms with Crippen LogP contribution in [-0.4, -0.2) is 32.3 Å². The van der Waals surface area contributed by atoms with Crippen molar-refractivity contribution in [2.45, 2.75) is 12.8 Å². The minimum absolute atomic E-state index is 0.320. The summed E-state index contributed by atoms with van der Waals surface area (Å²) in [4.78, 5) is 23.0. The van der Waals surface area contributed by atoms with Gasteiger partial charge in [-0.05, 0) is 42.7 Å². The second-order valence-corrected chi connectivity index (χ2v) is 4.58. The summed E-state index contributed by atoms with van der Waals surface area (Å²) < 4.78 is 9.84. The molecular formula is C15H18N2O4. The van der Waals surface area contributed by atoms with Gasteiger partial charge in [0.05, 0.1) is 25.9 Å². The van der Waals surface area contributed by atoms with Crippen LogP contribution in [0.5, 0.6) is 0 Å². The maximum atomic E-state index is 11.7. The molecule has 2 N–H and O–H groups in total. The monoisotopic (exact) mass is 290 g/mol. The van der Waals surface area contributed by atoms with Gasteiger partial charge in [0.25, 0.3) is 0 Å². The van der Waals surface area contributed by atoms with E-state index in [4.69, 9.17) is 4.74 Å². The average Bonchev–Trinajstić information content (AvgIpc) is 2.54. The summed E-state index contributed by atoms with van der Waals surface area (Å²) in [5, 5.41) is 5.38. The SMILES string of the molecule is COC(=O)c1ccc(NC(=O)NC=C2CCOCC2)cc1. The maximum Gasteiger partial charge on any atom is 0.337 e. The summed E-state index contributed by atoms with van der Waals surface area (Å²) in [6.45, 7) is 1.40. The molecule has 1 saturated heterocycles. The van der Waals surface area contributed by atoms with Crippen molar-refractivity contribution < 1.29 is 19.1 Å². The highest BCUT2D eigenvalue weighted by molar-refractivity contribution is 5.92. The van der Waals surface area contributed by atoms with Gasteiger partial charge in [-0.3, -0.25) is 0 Å². The molecule has 21 heavy (non-hydrogen) atoms. The standard InChI is InChI=1S/C15H18N2O4/c1-20-14(18)12-2-4-13(5-3-12)17-15(19)16-10-11-6-8-21-9-7-11/h2-5,10H,6-9H2,1H3,(H2,16,17,19). The first-order valence-corrected chi connectivity index (χ1v) is 6.70. The van der Waals surface area contributed by atoms with E-state index in [2.05, 4.69) is 15.4 Å². The number of hydrogen-bond acceptors (Lipinski definition) is 4. The number of methoxy groups -OCH3 is 1. The van der Waals surface area contributed by atoms with E-state index in [0.717, 1.165) is 18.4 Å². The third kappa shape index (κ3) is 4.61. The normalized spacial score (nSPS) is 14.2. The molecular weight excluding hydrogens is 272 g/mol. The van der Waals surface area contributed by atoms with Crippen LogP contribution in [0.25, 0.3) is 0 Å². The molecule has 1 aliphatic heterocycles. The molecule has 0 saturated carbocycles. The van der Waals surface area contributed by atoms with E-state index < -0.39 is 5.97 Å². The number of nitrogens with one attached hydrogen (secondary N) is 2. The fourth-order valence-electron chi connectivity index (χ4n) is 1.92. The number of carbonyl (C=O) groups excluding carboxylic acids is 2. The number of benzene rings is 1. The Morgan fingerprint density at radius 1 is 1.19 bits per heavy atom. The van der Waals surface area contributed by atoms with Gasteiger partial charge in [0, 0.05) is 11.9 Å². The van der Waals surface area contributed by atoms with Crippen molar-refractivity contribution in [1.29, 1.82) is 0 Å². The molecule has 6 nitrogen and oxygen atoms in total. The van der Waals surface area contributed by atoms with Crippen molar-refractivity contribution in [2.24, 2.45) is 0 Å². The Morgan fingerprint density at radius 2 is 1.86 bits per heavy atom. The predicted molar refractivity (Wildman–Crippen MR) is 78.1 cm³/mol. The molecule has 1 aliphatic rings. The predicted octanol–water partition coefficient (Wildman–Crippen LogP) is 2.29. The number of ether oxygens (including phenoxy) is 2. The van der Waals surface area contributed by atoms with Crippen LogP contribution in [-0.2, 0) is 9.47 Å². The lowest BCUT2D eigenvalue weighted by Crippen LogP contribution is -2.25. The lowest BCUT2D eigenvalue weighted by atomic mass is 10.1. The van der Waals surface area contributed by atoms with Gasteiger partial charge >= 0.3 is 12.0 Å². The van der Waals surface area contributed by atoms with Gasteiger partial charge in [0.1, 0.15) is 0 Å². The molecule has 6 heteroatoms. The molecule has 1 aromatic rings. The third-order valence-corrected chi connectivity index (χ3v) is 3.11. The van der Waals surface area contributed by atoms with Gasteiger partial charge in [0.2, 0.25) is 0 Å². The molecule has 0 bridgehead atoms. The van der Waals surface area contributed by atoms with E-state index >= 15 is 0 Å². The van der Waals surface area contributed by atoms with E-state index in [1.54, 1.807) is 30.5 Å². The van der Waals surface area contributed by atoms with Crippen LogP contribution >= 0.6 is 0 Å². The zero-order chi connectivity index (χ0) is 15.1. The fourth-order valence-corrected chi connectivity index (χ4v) is 1.92. The molecule has 0 aromatic heterocycles. The first kappa shape index (κ1) is 15.1. The molecule has 112 valence electrons. The van der Waals surface area contributed by atoms with Crippen molar-refractivity contribution in [3.63, 3.8) is 0 Å². The van der Waals surface area contributed by atoms with Gasteiger partial charge in [-0.15, -0.1) is 0 Å². The first-order valence-electron chi connectivity index (χ1n) is 6.70. The molecule has 0 unspecified atom stereocenters. The van der Waals surface area contributed by atoms with Crippen LogP contribution in [0.15, 0.2) is 36.0 Å². The summed E-state index contributed by atoms with van der Waals surface area (Å²) >= 11 is 0. The van der Waals surface area contributed by atoms with Crippen LogP contribution in [0.3, 0.4) is 0 Å². The van der Waals surface area contributed by atoms with E-state index in [0.29, 0.717) is 24.5 Å². The molecule has 0 aliphatic carbocycles. The van der Waals surface area contributed by atoms with E-state index in [9.17, 15) is 9.59 Å². The minimum atomic E-state index is -0.407. The van der Waals surface area contributed by atoms with Gasteiger partial charge in [-0.1, -0.05) is 0 Å². The Kier molecular flexibility index (Phi) is 5.34. The summed E-state index contributed by atoms with van der Waals surface area (Å²) in [5.41, 5.74) is 2.20. The van der Waals surface area contributed by atoms with Crippen molar-refractivity contribution >= 4 is 17.7 Å². The summed E-state index contributed by atoms with van der Waals surface area (Å²) in [7, 11) is 1.33. The molecule has 2 amide bonds. The number of esters is 1. The molecule has 0 atom stereocenters. The number of rotatable bonds is 3. The molecule has 0 spiro atoms. The van der Waals surface area contributed by atoms with Crippen LogP contribution in [0, 0.1) is 0 Å². The van der Waals surface area contributed by atoms with Crippen LogP contribution in [0.2, 0.25) is 0 Å². The molecule has 1 fully saturated rings. The number of hydrogen-bond donors (Lipinski definition) is 2. The molecule has 1 heterocycles. The zero-order valence-corrected chi connectivity index (χ0v) is 11.8. The number of carbonyl (C=O) groups is 2. The van der Waals surface area contributed by atoms with Crippen LogP contribution in [0.4, 0.5) is 10.5 Å². The quantitative estimate of drug-likeness (QED) is 0.837. The molecule has 2 rings (SSSR count). The van der Waals surface area contributed by atoms with Crippen molar-refractivity contribution in [3.05, 3.63) is 41.6 Å². The van der Waals surface area contributed by atoms with E-state index in [1.807, 2.05) is 0 Å². The van der Waals surface area contributed by atoms with E-state index in [1.165, 1.54) is 7.11 Å². The van der Waals surface area contributed by atoms with Crippen molar-refractivity contribution in [1.82, 2.24) is 5.32 Å². The highest BCUT2D eigenvalue weighted by Gasteiger charge is 2.07. The Hall–Kier alpha value is -2.34. The van der Waals surface area contributed by atoms with Crippen molar-refractivity contribution in [3.8, 4) is 0 Å². The highest BCUT2D eigenvalue weighted by atomic mass is 16.5. The molecule has 1 aromatic carbocycles. The van der Waals surface area contributed by atoms with Crippen molar-refractivity contribution in [2.75, 3.05) is 25.6 Å². The Morgan fingerprint density at radius 3 is 2.48 bits per heavy atom. The van der Waals surface area contributed by atoms with Gasteiger partial charge < -0.3 is 20.1 Å². The summed E-state index contributed by atoms with van der Waals surface area (Å²) in [6.07, 6.45) is 3.41. The first-order chi connectivity index (χ1) is 10.2. The second-order valence-electron chi connectivity index (χ2n) is 4.58. The molecule has 0 radical (unpaired) electrons. The Bertz CT molecular complexity index is 529. The number of urea groups is 1. The van der Waals surface area contributed by atoms with E-state index in [-0.39, 0.29) is 6.03 Å². The van der Waals surface area contributed by atoms with Gasteiger partial charge in [0.15, 0.2) is 0 Å². The van der Waals surface area contributed by atoms with Gasteiger partial charge in [-0.2, -0.15) is 0 Å². The Balaban J connectivity index is 1.86. The van der Waals surface area contributed by atoms with Crippen LogP contribution in [0.1, 0.15) is 23.2 Å². The smallest absolute Gasteiger partial charge is 0.337 e. The lowest BCUT2D eigenvalue weighted by molar-refractivity contribution is 0.0600. The fraction of sp³-hybridized carbons (Fsp3) is 0.333. The largest absolute Gasteiger partial charge is 0.465 e. The summed E-state index contributed by atoms with van der Waals surface area (Å²) in [6, 6.07) is 6.16. The third-order valence-electron chi connectivity index (χ3n) is 3.11. The Labute approximate surface area is 123 Å². The number of anilines is 1. The highest BCUT2D eigenvalue weighted by Crippen LogP contribution is 2.12. The average molecular weight is 290 g/mol. The van der Waals surface area contributed by atoms with Crippen LogP contribution < -0.4 is 10.6 Å². The second kappa shape index (κ2) is 7.44. The maximum absolute atomic E-state index is 11.7. The lowest BCUT2D eigenvalue weighted by Gasteiger charge is -2.14. The number of amides is 2. The topological polar surface area (TPSA) is 76.7 Å². The minimum Gasteiger partial charge on any atom is -0.465 e. The zero-order valence-electron chi connectivity index (χ0n) is 11.8. The summed E-state index contributed by atoms with van der Waals surface area (Å²) in [5.74, 6) is -0.407.